The van der Waals surface area contributed by atoms with E-state index in [1.165, 1.54) is 47.6 Å². The zero-order chi connectivity index (χ0) is 64.6. The molecule has 5 atom stereocenters. The second-order valence-corrected chi connectivity index (χ2v) is 29.6. The van der Waals surface area contributed by atoms with Crippen LogP contribution in [0.4, 0.5) is 16.6 Å². The topological polar surface area (TPSA) is 254 Å². The van der Waals surface area contributed by atoms with Gasteiger partial charge in [0.2, 0.25) is 17.7 Å². The van der Waals surface area contributed by atoms with E-state index >= 15 is 0 Å². The summed E-state index contributed by atoms with van der Waals surface area (Å²) in [4.78, 5) is 92.0. The summed E-state index contributed by atoms with van der Waals surface area (Å²) in [7, 11) is -4.50. The minimum absolute atomic E-state index is 0.0520. The van der Waals surface area contributed by atoms with Gasteiger partial charge in [0.05, 0.1) is 55.5 Å². The summed E-state index contributed by atoms with van der Waals surface area (Å²) in [6.45, 7) is 13.7. The molecule has 12 rings (SSSR count). The number of carbonyl (C=O) groups is 5. The third kappa shape index (κ3) is 13.7. The number of amides is 5. The molecule has 20 nitrogen and oxygen atoms in total. The Kier molecular flexibility index (Phi) is 18.5. The minimum Gasteiger partial charge on any atom is -0.391 e. The lowest BCUT2D eigenvalue weighted by Crippen LogP contribution is -2.59. The number of aliphatic hydroxyl groups is 1. The summed E-state index contributed by atoms with van der Waals surface area (Å²) in [5.74, 6) is -2.05. The van der Waals surface area contributed by atoms with E-state index in [4.69, 9.17) is 10.1 Å². The van der Waals surface area contributed by atoms with Gasteiger partial charge < -0.3 is 30.4 Å². The molecule has 2 saturated heterocycles. The fourth-order valence-corrected chi connectivity index (χ4v) is 16.0. The van der Waals surface area contributed by atoms with Crippen LogP contribution in [0.25, 0.3) is 31.8 Å². The number of pyridine rings is 1. The SMILES string of the molecule is Cc1ncsc1-c1ccc([C@H](C)NC(=O)[C@@H]2C[C@@H](O)CN2C(=O)C(NC(=O)C2CCCN(c3ccc(S(=O)(=O)NC(=O)c4nc(N5CCc6cccc(C(=O)Nc7nc8ccccc8s7)c6C5)ccc4-c4cnn(CC5CCCCC5)c4C)cc3)C2)C(C)(C)C)cc1. The van der Waals surface area contributed by atoms with E-state index in [0.29, 0.717) is 78.1 Å². The van der Waals surface area contributed by atoms with E-state index in [2.05, 4.69) is 30.6 Å². The highest BCUT2D eigenvalue weighted by Crippen LogP contribution is 2.36. The summed E-state index contributed by atoms with van der Waals surface area (Å²) in [5, 5.41) is 25.3. The number of hydrogen-bond acceptors (Lipinski definition) is 16. The Bertz CT molecular complexity index is 4160. The average molecular weight is 1300 g/mol. The van der Waals surface area contributed by atoms with Crippen molar-refractivity contribution in [2.75, 3.05) is 41.3 Å². The first-order chi connectivity index (χ1) is 44.1. The summed E-state index contributed by atoms with van der Waals surface area (Å²) in [5.41, 5.74) is 9.47. The maximum atomic E-state index is 14.8. The lowest BCUT2D eigenvalue weighted by molar-refractivity contribution is -0.144. The third-order valence-electron chi connectivity index (χ3n) is 18.6. The highest BCUT2D eigenvalue weighted by Gasteiger charge is 2.45. The predicted molar refractivity (Wildman–Crippen MR) is 358 cm³/mol. The number of nitrogens with one attached hydrogen (secondary N) is 4. The van der Waals surface area contributed by atoms with Crippen molar-refractivity contribution in [2.24, 2.45) is 17.3 Å². The maximum Gasteiger partial charge on any atom is 0.284 e. The Morgan fingerprint density at radius 3 is 2.29 bits per heavy atom. The molecule has 1 aliphatic carbocycles. The zero-order valence-electron chi connectivity index (χ0n) is 52.6. The molecule has 0 radical (unpaired) electrons. The standard InChI is InChI=1S/C69H78N12O8S3/c1-41(45-21-23-47(24-22-45)61-42(2)70-40-90-61)72-65(85)57-34-50(82)38-80(57)67(87)62(69(4,5)6)75-63(83)48-17-13-32-78(37-48)49-25-27-51(28-26-49)92(88,89)77-66(86)60-52(54-35-71-81(43(54)3)36-44-14-8-7-9-15-44)29-30-59(74-60)79-33-31-46-16-12-18-53(55(46)39-79)64(84)76-68-73-56-19-10-11-20-58(56)91-68/h10-12,16,18-30,35,40-41,44,48,50,57,62,82H,7-9,13-15,17,31-34,36-39H2,1-6H3,(H,72,85)(H,75,83)(H,77,86)(H,73,76,84)/t41-,48?,50+,57-,62?/m0/s1. The molecule has 3 fully saturated rings. The Labute approximate surface area is 544 Å². The van der Waals surface area contributed by atoms with Crippen LogP contribution in [0, 0.1) is 31.1 Å². The first-order valence-electron chi connectivity index (χ1n) is 31.7. The van der Waals surface area contributed by atoms with Crippen molar-refractivity contribution in [1.29, 1.82) is 0 Å². The Balaban J connectivity index is 0.725. The molecule has 3 aliphatic heterocycles. The second kappa shape index (κ2) is 26.7. The minimum atomic E-state index is -4.50. The largest absolute Gasteiger partial charge is 0.391 e. The van der Waals surface area contributed by atoms with Gasteiger partial charge in [-0.2, -0.15) is 5.10 Å². The number of fused-ring (bicyclic) bond motifs is 2. The first-order valence-corrected chi connectivity index (χ1v) is 34.9. The van der Waals surface area contributed by atoms with E-state index in [9.17, 15) is 37.5 Å². The van der Waals surface area contributed by atoms with E-state index in [-0.39, 0.29) is 41.9 Å². The van der Waals surface area contributed by atoms with Gasteiger partial charge in [-0.25, -0.2) is 28.1 Å². The van der Waals surface area contributed by atoms with E-state index < -0.39 is 63.3 Å². The molecule has 4 aromatic heterocycles. The number of aromatic nitrogens is 5. The van der Waals surface area contributed by atoms with Crippen LogP contribution in [-0.2, 0) is 43.9 Å². The Morgan fingerprint density at radius 1 is 0.783 bits per heavy atom. The Morgan fingerprint density at radius 2 is 1.55 bits per heavy atom. The number of hydrogen-bond donors (Lipinski definition) is 5. The summed E-state index contributed by atoms with van der Waals surface area (Å²) < 4.78 is 34.1. The molecule has 480 valence electrons. The van der Waals surface area contributed by atoms with Gasteiger partial charge in [0.1, 0.15) is 23.6 Å². The highest BCUT2D eigenvalue weighted by molar-refractivity contribution is 7.90. The Hall–Kier alpha value is -8.38. The monoisotopic (exact) mass is 1300 g/mol. The number of piperidine rings is 1. The van der Waals surface area contributed by atoms with E-state index in [1.54, 1.807) is 41.8 Å². The lowest BCUT2D eigenvalue weighted by Gasteiger charge is -2.38. The van der Waals surface area contributed by atoms with Crippen LogP contribution >= 0.6 is 22.7 Å². The predicted octanol–water partition coefficient (Wildman–Crippen LogP) is 10.4. The number of aryl methyl sites for hydroxylation is 1. The molecule has 92 heavy (non-hydrogen) atoms. The fraction of sp³-hybridized carbons (Fsp3) is 0.406. The summed E-state index contributed by atoms with van der Waals surface area (Å²) in [6, 6.07) is 28.7. The number of β-amino-alcohol motifs (C(OH)–C–C–N with tert-alkyl or cyclic N) is 1. The van der Waals surface area contributed by atoms with Crippen molar-refractivity contribution >= 4 is 89.1 Å². The van der Waals surface area contributed by atoms with Crippen molar-refractivity contribution in [1.82, 2.24) is 45.0 Å². The maximum absolute atomic E-state index is 14.8. The van der Waals surface area contributed by atoms with Gasteiger partial charge in [-0.15, -0.1) is 11.3 Å². The number of para-hydroxylation sites is 1. The normalized spacial score (nSPS) is 18.7. The van der Waals surface area contributed by atoms with Crippen LogP contribution in [0.3, 0.4) is 0 Å². The quantitative estimate of drug-likeness (QED) is 0.0569. The number of nitrogens with zero attached hydrogens (tertiary/aromatic N) is 8. The summed E-state index contributed by atoms with van der Waals surface area (Å²) >= 11 is 2.96. The number of carbonyl (C=O) groups excluding carboxylic acids is 5. The van der Waals surface area contributed by atoms with E-state index in [1.807, 2.05) is 128 Å². The van der Waals surface area contributed by atoms with Crippen LogP contribution in [0.5, 0.6) is 0 Å². The van der Waals surface area contributed by atoms with Crippen molar-refractivity contribution in [3.05, 3.63) is 154 Å². The molecule has 23 heteroatoms. The molecule has 4 aromatic carbocycles. The van der Waals surface area contributed by atoms with Gasteiger partial charge in [-0.3, -0.25) is 34.0 Å². The van der Waals surface area contributed by atoms with Gasteiger partial charge in [0.25, 0.3) is 21.8 Å². The number of sulfonamides is 1. The molecule has 1 saturated carbocycles. The number of thiazole rings is 2. The number of aliphatic hydroxyl groups excluding tert-OH is 1. The molecule has 7 heterocycles. The van der Waals surface area contributed by atoms with Gasteiger partial charge in [-0.1, -0.05) is 99.9 Å². The average Bonchev–Trinajstić information content (AvgIpc) is 1.26. The molecule has 0 spiro atoms. The molecule has 2 unspecified atom stereocenters. The first kappa shape index (κ1) is 63.8. The molecular weight excluding hydrogens is 1220 g/mol. The van der Waals surface area contributed by atoms with Gasteiger partial charge in [0.15, 0.2) is 5.13 Å². The molecule has 5 N–H and O–H groups in total. The van der Waals surface area contributed by atoms with Crippen LogP contribution in [0.1, 0.15) is 134 Å². The molecule has 4 aliphatic rings. The number of likely N-dealkylation sites (tertiary alicyclic amines) is 1. The van der Waals surface area contributed by atoms with Gasteiger partial charge in [0, 0.05) is 73.8 Å². The highest BCUT2D eigenvalue weighted by atomic mass is 32.2. The fourth-order valence-electron chi connectivity index (χ4n) is 13.4. The zero-order valence-corrected chi connectivity index (χ0v) is 55.1. The summed E-state index contributed by atoms with van der Waals surface area (Å²) in [6.07, 6.45) is 8.40. The smallest absolute Gasteiger partial charge is 0.284 e. The van der Waals surface area contributed by atoms with Crippen LogP contribution in [-0.4, -0.2) is 117 Å². The molecular formula is C69H78N12O8S3. The van der Waals surface area contributed by atoms with Gasteiger partial charge >= 0.3 is 0 Å². The number of rotatable bonds is 17. The molecule has 5 amide bonds. The molecule has 8 aromatic rings. The number of anilines is 3. The van der Waals surface area contributed by atoms with E-state index in [0.717, 1.165) is 68.1 Å². The number of benzene rings is 4. The van der Waals surface area contributed by atoms with Crippen molar-refractivity contribution in [3.63, 3.8) is 0 Å². The van der Waals surface area contributed by atoms with Crippen LogP contribution in [0.2, 0.25) is 0 Å². The van der Waals surface area contributed by atoms with Crippen molar-refractivity contribution in [3.8, 4) is 21.6 Å². The van der Waals surface area contributed by atoms with Crippen molar-refractivity contribution in [2.45, 2.75) is 142 Å². The van der Waals surface area contributed by atoms with Crippen molar-refractivity contribution < 1.29 is 37.5 Å². The second-order valence-electron chi connectivity index (χ2n) is 26.0. The third-order valence-corrected chi connectivity index (χ3v) is 21.9. The van der Waals surface area contributed by atoms with Gasteiger partial charge in [-0.05, 0) is 141 Å². The van der Waals surface area contributed by atoms with Crippen LogP contribution in [0.15, 0.2) is 120 Å². The lowest BCUT2D eigenvalue weighted by atomic mass is 9.84. The molecule has 0 bridgehead atoms. The van der Waals surface area contributed by atoms with Crippen LogP contribution < -0.4 is 30.5 Å².